The molecule has 0 bridgehead atoms. The van der Waals surface area contributed by atoms with Gasteiger partial charge in [-0.15, -0.1) is 22.7 Å². The molecule has 1 aliphatic carbocycles. The predicted octanol–water partition coefficient (Wildman–Crippen LogP) is 4.63. The summed E-state index contributed by atoms with van der Waals surface area (Å²) in [5.74, 6) is 0. The molecule has 3 heteroatoms. The zero-order valence-electron chi connectivity index (χ0n) is 9.69. The lowest BCUT2D eigenvalue weighted by Gasteiger charge is -2.31. The molecule has 0 aliphatic heterocycles. The zero-order chi connectivity index (χ0) is 11.7. The molecular formula is C14H16OS2. The van der Waals surface area contributed by atoms with E-state index in [1.807, 2.05) is 0 Å². The molecule has 2 heterocycles. The van der Waals surface area contributed by atoms with Crippen molar-refractivity contribution in [2.45, 2.75) is 37.7 Å². The van der Waals surface area contributed by atoms with Crippen LogP contribution in [0.1, 0.15) is 37.0 Å². The minimum Gasteiger partial charge on any atom is -0.384 e. The Bertz CT molecular complexity index is 478. The summed E-state index contributed by atoms with van der Waals surface area (Å²) >= 11 is 3.52. The Hall–Kier alpha value is -0.640. The third-order valence-corrected chi connectivity index (χ3v) is 5.85. The maximum Gasteiger partial charge on any atom is 0.0988 e. The molecule has 17 heavy (non-hydrogen) atoms. The fourth-order valence-corrected chi connectivity index (χ4v) is 4.51. The molecule has 0 unspecified atom stereocenters. The first-order valence-electron chi connectivity index (χ1n) is 6.14. The predicted molar refractivity (Wildman–Crippen MR) is 74.6 cm³/mol. The van der Waals surface area contributed by atoms with Gasteiger partial charge < -0.3 is 5.11 Å². The maximum atomic E-state index is 10.7. The summed E-state index contributed by atoms with van der Waals surface area (Å²) in [6.07, 6.45) is 5.44. The van der Waals surface area contributed by atoms with Gasteiger partial charge in [-0.25, -0.2) is 0 Å². The van der Waals surface area contributed by atoms with Gasteiger partial charge in [0, 0.05) is 14.6 Å². The number of thiophene rings is 2. The number of hydrogen-bond donors (Lipinski definition) is 1. The van der Waals surface area contributed by atoms with Gasteiger partial charge in [-0.05, 0) is 36.4 Å². The minimum absolute atomic E-state index is 0.543. The first-order valence-corrected chi connectivity index (χ1v) is 7.84. The Morgan fingerprint density at radius 3 is 2.53 bits per heavy atom. The lowest BCUT2D eigenvalue weighted by atomic mass is 9.84. The lowest BCUT2D eigenvalue weighted by molar-refractivity contribution is 0.00283. The van der Waals surface area contributed by atoms with E-state index in [1.165, 1.54) is 16.2 Å². The molecule has 2 aromatic heterocycles. The van der Waals surface area contributed by atoms with Crippen LogP contribution in [0, 0.1) is 0 Å². The second-order valence-electron chi connectivity index (χ2n) is 4.73. The topological polar surface area (TPSA) is 20.2 Å². The SMILES string of the molecule is OC1(c2ccc(-c3cccs3)s2)CCCCC1. The van der Waals surface area contributed by atoms with Crippen molar-refractivity contribution in [3.8, 4) is 9.75 Å². The standard InChI is InChI=1S/C14H16OS2/c15-14(8-2-1-3-9-14)13-7-6-12(17-13)11-5-4-10-16-11/h4-7,10,15H,1-3,8-9H2. The van der Waals surface area contributed by atoms with Crippen LogP contribution >= 0.6 is 22.7 Å². The van der Waals surface area contributed by atoms with Crippen molar-refractivity contribution in [2.24, 2.45) is 0 Å². The molecule has 3 rings (SSSR count). The van der Waals surface area contributed by atoms with E-state index < -0.39 is 5.60 Å². The molecule has 0 spiro atoms. The van der Waals surface area contributed by atoms with Gasteiger partial charge in [0.05, 0.1) is 5.60 Å². The summed E-state index contributed by atoms with van der Waals surface area (Å²) in [6.45, 7) is 0. The molecule has 0 radical (unpaired) electrons. The second-order valence-corrected chi connectivity index (χ2v) is 6.76. The normalized spacial score (nSPS) is 19.4. The fraction of sp³-hybridized carbons (Fsp3) is 0.429. The van der Waals surface area contributed by atoms with Crippen LogP contribution in [0.5, 0.6) is 0 Å². The van der Waals surface area contributed by atoms with Crippen molar-refractivity contribution < 1.29 is 5.11 Å². The summed E-state index contributed by atoms with van der Waals surface area (Å²) in [4.78, 5) is 3.75. The molecule has 2 aromatic rings. The molecule has 90 valence electrons. The molecule has 0 atom stereocenters. The molecule has 1 aliphatic rings. The molecule has 0 amide bonds. The molecule has 0 saturated heterocycles. The van der Waals surface area contributed by atoms with Crippen LogP contribution in [0.15, 0.2) is 29.6 Å². The number of hydrogen-bond acceptors (Lipinski definition) is 3. The summed E-state index contributed by atoms with van der Waals surface area (Å²) < 4.78 is 0. The van der Waals surface area contributed by atoms with E-state index >= 15 is 0 Å². The van der Waals surface area contributed by atoms with Crippen molar-refractivity contribution >= 4 is 22.7 Å². The summed E-state index contributed by atoms with van der Waals surface area (Å²) in [7, 11) is 0. The Kier molecular flexibility index (Phi) is 3.07. The van der Waals surface area contributed by atoms with Crippen LogP contribution in [0.25, 0.3) is 9.75 Å². The van der Waals surface area contributed by atoms with Crippen molar-refractivity contribution in [3.05, 3.63) is 34.5 Å². The Balaban J connectivity index is 1.89. The summed E-state index contributed by atoms with van der Waals surface area (Å²) in [5, 5.41) is 12.8. The van der Waals surface area contributed by atoms with Gasteiger partial charge >= 0.3 is 0 Å². The van der Waals surface area contributed by atoms with E-state index in [0.717, 1.165) is 30.6 Å². The Morgan fingerprint density at radius 1 is 1.00 bits per heavy atom. The van der Waals surface area contributed by atoms with Crippen LogP contribution < -0.4 is 0 Å². The third kappa shape index (κ3) is 2.19. The van der Waals surface area contributed by atoms with Crippen molar-refractivity contribution in [2.75, 3.05) is 0 Å². The highest BCUT2D eigenvalue weighted by molar-refractivity contribution is 7.21. The van der Waals surface area contributed by atoms with Gasteiger partial charge in [-0.2, -0.15) is 0 Å². The monoisotopic (exact) mass is 264 g/mol. The number of rotatable bonds is 2. The fourth-order valence-electron chi connectivity index (χ4n) is 2.52. The quantitative estimate of drug-likeness (QED) is 0.838. The van der Waals surface area contributed by atoms with Crippen molar-refractivity contribution in [1.82, 2.24) is 0 Å². The van der Waals surface area contributed by atoms with Crippen LogP contribution in [0.2, 0.25) is 0 Å². The van der Waals surface area contributed by atoms with Crippen LogP contribution in [-0.2, 0) is 5.60 Å². The first-order chi connectivity index (χ1) is 8.28. The average Bonchev–Trinajstić information content (AvgIpc) is 3.01. The van der Waals surface area contributed by atoms with Crippen molar-refractivity contribution in [1.29, 1.82) is 0 Å². The largest absolute Gasteiger partial charge is 0.384 e. The maximum absolute atomic E-state index is 10.7. The third-order valence-electron chi connectivity index (χ3n) is 3.51. The van der Waals surface area contributed by atoms with Crippen LogP contribution in [-0.4, -0.2) is 5.11 Å². The molecule has 1 nitrogen and oxygen atoms in total. The van der Waals surface area contributed by atoms with Gasteiger partial charge in [0.2, 0.25) is 0 Å². The van der Waals surface area contributed by atoms with E-state index in [-0.39, 0.29) is 0 Å². The molecule has 1 fully saturated rings. The Morgan fingerprint density at radius 2 is 1.82 bits per heavy atom. The van der Waals surface area contributed by atoms with Crippen molar-refractivity contribution in [3.63, 3.8) is 0 Å². The van der Waals surface area contributed by atoms with Gasteiger partial charge in [0.15, 0.2) is 0 Å². The van der Waals surface area contributed by atoms with Crippen LogP contribution in [0.4, 0.5) is 0 Å². The zero-order valence-corrected chi connectivity index (χ0v) is 11.3. The second kappa shape index (κ2) is 4.56. The number of aliphatic hydroxyl groups is 1. The van der Waals surface area contributed by atoms with Gasteiger partial charge in [0.25, 0.3) is 0 Å². The minimum atomic E-state index is -0.543. The van der Waals surface area contributed by atoms with Crippen LogP contribution in [0.3, 0.4) is 0 Å². The van der Waals surface area contributed by atoms with E-state index in [1.54, 1.807) is 22.7 Å². The molecule has 1 N–H and O–H groups in total. The average molecular weight is 264 g/mol. The van der Waals surface area contributed by atoms with E-state index in [0.29, 0.717) is 0 Å². The highest BCUT2D eigenvalue weighted by Crippen LogP contribution is 2.42. The van der Waals surface area contributed by atoms with Gasteiger partial charge in [0.1, 0.15) is 0 Å². The molecular weight excluding hydrogens is 248 g/mol. The lowest BCUT2D eigenvalue weighted by Crippen LogP contribution is -2.27. The highest BCUT2D eigenvalue weighted by atomic mass is 32.1. The summed E-state index contributed by atoms with van der Waals surface area (Å²) in [6, 6.07) is 8.49. The first kappa shape index (κ1) is 11.5. The van der Waals surface area contributed by atoms with Gasteiger partial charge in [-0.3, -0.25) is 0 Å². The smallest absolute Gasteiger partial charge is 0.0988 e. The van der Waals surface area contributed by atoms with Gasteiger partial charge in [-0.1, -0.05) is 25.3 Å². The van der Waals surface area contributed by atoms with E-state index in [4.69, 9.17) is 0 Å². The molecule has 1 saturated carbocycles. The molecule has 0 aromatic carbocycles. The Labute approximate surface area is 110 Å². The van der Waals surface area contributed by atoms with E-state index in [2.05, 4.69) is 29.6 Å². The summed E-state index contributed by atoms with van der Waals surface area (Å²) in [5.41, 5.74) is -0.543. The van der Waals surface area contributed by atoms with E-state index in [9.17, 15) is 5.11 Å². The highest BCUT2D eigenvalue weighted by Gasteiger charge is 2.32.